The van der Waals surface area contributed by atoms with E-state index in [0.717, 1.165) is 16.5 Å². The molecule has 1 unspecified atom stereocenters. The number of ether oxygens (including phenoxy) is 1. The van der Waals surface area contributed by atoms with Crippen molar-refractivity contribution in [1.82, 2.24) is 9.47 Å². The van der Waals surface area contributed by atoms with Gasteiger partial charge in [0, 0.05) is 25.3 Å². The van der Waals surface area contributed by atoms with E-state index in [1.54, 1.807) is 11.9 Å². The molecule has 1 amide bonds. The van der Waals surface area contributed by atoms with Crippen molar-refractivity contribution < 1.29 is 14.3 Å². The number of rotatable bonds is 7. The van der Waals surface area contributed by atoms with E-state index in [-0.39, 0.29) is 30.9 Å². The van der Waals surface area contributed by atoms with Crippen molar-refractivity contribution >= 4 is 22.8 Å². The van der Waals surface area contributed by atoms with E-state index in [0.29, 0.717) is 6.54 Å². The van der Waals surface area contributed by atoms with Crippen molar-refractivity contribution in [3.63, 3.8) is 0 Å². The smallest absolute Gasteiger partial charge is 0.308 e. The van der Waals surface area contributed by atoms with Crippen LogP contribution in [0.1, 0.15) is 24.9 Å². The fourth-order valence-corrected chi connectivity index (χ4v) is 3.03. The zero-order valence-corrected chi connectivity index (χ0v) is 15.7. The molecule has 3 rings (SSSR count). The monoisotopic (exact) mass is 364 g/mol. The summed E-state index contributed by atoms with van der Waals surface area (Å²) in [6.07, 6.45) is 2.18. The summed E-state index contributed by atoms with van der Waals surface area (Å²) >= 11 is 0. The van der Waals surface area contributed by atoms with E-state index in [1.807, 2.05) is 78.4 Å². The Labute approximate surface area is 159 Å². The summed E-state index contributed by atoms with van der Waals surface area (Å²) in [5, 5.41) is 1.14. The van der Waals surface area contributed by atoms with E-state index >= 15 is 0 Å². The number of hydrogen-bond acceptors (Lipinski definition) is 3. The molecule has 0 N–H and O–H groups in total. The summed E-state index contributed by atoms with van der Waals surface area (Å²) in [7, 11) is 1.72. The summed E-state index contributed by atoms with van der Waals surface area (Å²) in [5.74, 6) is -0.590. The maximum atomic E-state index is 12.3. The quantitative estimate of drug-likeness (QED) is 0.599. The van der Waals surface area contributed by atoms with Gasteiger partial charge in [-0.15, -0.1) is 0 Å². The molecule has 1 atom stereocenters. The average molecular weight is 364 g/mol. The second kappa shape index (κ2) is 8.54. The van der Waals surface area contributed by atoms with Gasteiger partial charge in [0.1, 0.15) is 0 Å². The number of benzene rings is 2. The number of aromatic nitrogens is 1. The van der Waals surface area contributed by atoms with Crippen LogP contribution in [0.25, 0.3) is 10.9 Å². The molecule has 0 aliphatic heterocycles. The van der Waals surface area contributed by atoms with Gasteiger partial charge in [-0.25, -0.2) is 0 Å². The molecule has 5 heteroatoms. The summed E-state index contributed by atoms with van der Waals surface area (Å²) in [6, 6.07) is 19.7. The molecule has 0 fully saturated rings. The molecule has 0 aliphatic rings. The standard InChI is InChI=1S/C22H24N2O3/c1-17(18-8-4-3-5-9-18)23(2)21(25)16-27-22(26)13-15-24-14-12-19-10-6-7-11-20(19)24/h3-12,14,17H,13,15-16H2,1-2H3. The molecule has 1 aromatic heterocycles. The van der Waals surface area contributed by atoms with Gasteiger partial charge in [-0.05, 0) is 30.0 Å². The van der Waals surface area contributed by atoms with Crippen LogP contribution in [0, 0.1) is 0 Å². The molecule has 1 heterocycles. The Hall–Kier alpha value is -3.08. The number of aryl methyl sites for hydroxylation is 1. The molecular formula is C22H24N2O3. The lowest BCUT2D eigenvalue weighted by molar-refractivity contribution is -0.152. The summed E-state index contributed by atoms with van der Waals surface area (Å²) in [6.45, 7) is 2.24. The van der Waals surface area contributed by atoms with Gasteiger partial charge in [0.05, 0.1) is 12.5 Å². The number of fused-ring (bicyclic) bond motifs is 1. The van der Waals surface area contributed by atoms with Crippen LogP contribution in [0.4, 0.5) is 0 Å². The Bertz CT molecular complexity index is 917. The Balaban J connectivity index is 1.47. The van der Waals surface area contributed by atoms with Gasteiger partial charge in [0.2, 0.25) is 0 Å². The highest BCUT2D eigenvalue weighted by atomic mass is 16.5. The van der Waals surface area contributed by atoms with E-state index < -0.39 is 0 Å². The topological polar surface area (TPSA) is 51.5 Å². The molecular weight excluding hydrogens is 340 g/mol. The van der Waals surface area contributed by atoms with Crippen LogP contribution in [0.3, 0.4) is 0 Å². The number of likely N-dealkylation sites (N-methyl/N-ethyl adjacent to an activating group) is 1. The number of esters is 1. The number of para-hydroxylation sites is 1. The van der Waals surface area contributed by atoms with Crippen LogP contribution < -0.4 is 0 Å². The molecule has 3 aromatic rings. The van der Waals surface area contributed by atoms with Gasteiger partial charge in [0.25, 0.3) is 5.91 Å². The van der Waals surface area contributed by atoms with Gasteiger partial charge >= 0.3 is 5.97 Å². The Morgan fingerprint density at radius 1 is 1.04 bits per heavy atom. The predicted molar refractivity (Wildman–Crippen MR) is 105 cm³/mol. The highest BCUT2D eigenvalue weighted by Crippen LogP contribution is 2.18. The zero-order valence-electron chi connectivity index (χ0n) is 15.7. The molecule has 0 saturated carbocycles. The molecule has 0 aliphatic carbocycles. The second-order valence-electron chi connectivity index (χ2n) is 6.57. The number of carbonyl (C=O) groups excluding carboxylic acids is 2. The van der Waals surface area contributed by atoms with Gasteiger partial charge < -0.3 is 14.2 Å². The fourth-order valence-electron chi connectivity index (χ4n) is 3.03. The number of carbonyl (C=O) groups is 2. The van der Waals surface area contributed by atoms with Gasteiger partial charge in [0.15, 0.2) is 6.61 Å². The van der Waals surface area contributed by atoms with Crippen molar-refractivity contribution in [2.24, 2.45) is 0 Å². The SMILES string of the molecule is CC(c1ccccc1)N(C)C(=O)COC(=O)CCn1ccc2ccccc21. The van der Waals surface area contributed by atoms with Crippen molar-refractivity contribution in [3.05, 3.63) is 72.4 Å². The van der Waals surface area contributed by atoms with Crippen molar-refractivity contribution in [3.8, 4) is 0 Å². The van der Waals surface area contributed by atoms with Crippen LogP contribution >= 0.6 is 0 Å². The molecule has 0 spiro atoms. The van der Waals surface area contributed by atoms with Crippen LogP contribution in [-0.4, -0.2) is 35.0 Å². The largest absolute Gasteiger partial charge is 0.456 e. The lowest BCUT2D eigenvalue weighted by atomic mass is 10.1. The maximum Gasteiger partial charge on any atom is 0.308 e. The van der Waals surface area contributed by atoms with Gasteiger partial charge in [-0.1, -0.05) is 48.5 Å². The van der Waals surface area contributed by atoms with Crippen molar-refractivity contribution in [2.75, 3.05) is 13.7 Å². The average Bonchev–Trinajstić information content (AvgIpc) is 3.13. The molecule has 5 nitrogen and oxygen atoms in total. The number of hydrogen-bond donors (Lipinski definition) is 0. The third-order valence-corrected chi connectivity index (χ3v) is 4.85. The van der Waals surface area contributed by atoms with Crippen LogP contribution in [0.2, 0.25) is 0 Å². The Morgan fingerprint density at radius 2 is 1.74 bits per heavy atom. The summed E-state index contributed by atoms with van der Waals surface area (Å²) in [4.78, 5) is 25.9. The molecule has 0 bridgehead atoms. The molecule has 2 aromatic carbocycles. The van der Waals surface area contributed by atoms with Crippen LogP contribution in [0.15, 0.2) is 66.9 Å². The Morgan fingerprint density at radius 3 is 2.52 bits per heavy atom. The van der Waals surface area contributed by atoms with E-state index in [1.165, 1.54) is 0 Å². The van der Waals surface area contributed by atoms with Crippen molar-refractivity contribution in [1.29, 1.82) is 0 Å². The Kier molecular flexibility index (Phi) is 5.91. The normalized spacial score (nSPS) is 11.9. The third kappa shape index (κ3) is 4.56. The van der Waals surface area contributed by atoms with E-state index in [9.17, 15) is 9.59 Å². The first-order chi connectivity index (χ1) is 13.1. The van der Waals surface area contributed by atoms with Gasteiger partial charge in [-0.3, -0.25) is 9.59 Å². The number of amides is 1. The maximum absolute atomic E-state index is 12.3. The van der Waals surface area contributed by atoms with Crippen LogP contribution in [0.5, 0.6) is 0 Å². The minimum atomic E-state index is -0.373. The fraction of sp³-hybridized carbons (Fsp3) is 0.273. The van der Waals surface area contributed by atoms with Gasteiger partial charge in [-0.2, -0.15) is 0 Å². The predicted octanol–water partition coefficient (Wildman–Crippen LogP) is 3.79. The highest BCUT2D eigenvalue weighted by Gasteiger charge is 2.18. The summed E-state index contributed by atoms with van der Waals surface area (Å²) < 4.78 is 7.19. The third-order valence-electron chi connectivity index (χ3n) is 4.85. The minimum Gasteiger partial charge on any atom is -0.456 e. The molecule has 0 saturated heterocycles. The first-order valence-electron chi connectivity index (χ1n) is 9.06. The zero-order chi connectivity index (χ0) is 19.2. The van der Waals surface area contributed by atoms with E-state index in [2.05, 4.69) is 0 Å². The molecule has 0 radical (unpaired) electrons. The molecule has 27 heavy (non-hydrogen) atoms. The second-order valence-corrected chi connectivity index (χ2v) is 6.57. The lowest BCUT2D eigenvalue weighted by Gasteiger charge is -2.25. The minimum absolute atomic E-state index is 0.0800. The first kappa shape index (κ1) is 18.7. The highest BCUT2D eigenvalue weighted by molar-refractivity contribution is 5.81. The number of nitrogens with zero attached hydrogens (tertiary/aromatic N) is 2. The van der Waals surface area contributed by atoms with Crippen molar-refractivity contribution in [2.45, 2.75) is 25.9 Å². The van der Waals surface area contributed by atoms with Crippen LogP contribution in [-0.2, 0) is 20.9 Å². The summed E-state index contributed by atoms with van der Waals surface area (Å²) in [5.41, 5.74) is 2.12. The lowest BCUT2D eigenvalue weighted by Crippen LogP contribution is -2.33. The molecule has 140 valence electrons. The first-order valence-corrected chi connectivity index (χ1v) is 9.06. The van der Waals surface area contributed by atoms with E-state index in [4.69, 9.17) is 4.74 Å².